The molecule has 1 amide bonds. The second-order valence-corrected chi connectivity index (χ2v) is 3.65. The fraction of sp³-hybridized carbons (Fsp3) is 0.455. The largest absolute Gasteiger partial charge is 0.330 e. The number of amides is 1. The number of unbranched alkanes of at least 4 members (excludes halogenated alkanes) is 1. The lowest BCUT2D eigenvalue weighted by Gasteiger charge is -2.22. The fourth-order valence-corrected chi connectivity index (χ4v) is 1.44. The number of nitrogens with zero attached hydrogens (tertiary/aromatic N) is 1. The van der Waals surface area contributed by atoms with E-state index in [4.69, 9.17) is 5.73 Å². The Kier molecular flexibility index (Phi) is 4.88. The molecule has 1 aliphatic rings. The molecule has 5 nitrogen and oxygen atoms in total. The third-order valence-electron chi connectivity index (χ3n) is 2.35. The maximum absolute atomic E-state index is 11.3. The van der Waals surface area contributed by atoms with Gasteiger partial charge in [0, 0.05) is 6.08 Å². The van der Waals surface area contributed by atoms with Gasteiger partial charge in [-0.05, 0) is 25.5 Å². The van der Waals surface area contributed by atoms with Gasteiger partial charge in [-0.3, -0.25) is 4.79 Å². The standard InChI is InChI=1S/C11H17N3O2/c1-9-5-6-11(16)14(9)13-10(8-15)4-2-3-7-12/h5-6,8,10,13H,1-4,7,12H2/t10-/m0/s1. The summed E-state index contributed by atoms with van der Waals surface area (Å²) in [6, 6.07) is -0.368. The van der Waals surface area contributed by atoms with Crippen LogP contribution in [0.15, 0.2) is 24.4 Å². The zero-order valence-electron chi connectivity index (χ0n) is 9.19. The fourth-order valence-electron chi connectivity index (χ4n) is 1.44. The first-order chi connectivity index (χ1) is 7.69. The number of nitrogens with two attached hydrogens (primary N) is 1. The lowest BCUT2D eigenvalue weighted by atomic mass is 10.1. The predicted molar refractivity (Wildman–Crippen MR) is 61.0 cm³/mol. The zero-order valence-corrected chi connectivity index (χ0v) is 9.19. The quantitative estimate of drug-likeness (QED) is 0.474. The number of allylic oxidation sites excluding steroid dienone is 1. The van der Waals surface area contributed by atoms with Crippen molar-refractivity contribution in [3.63, 3.8) is 0 Å². The topological polar surface area (TPSA) is 75.4 Å². The minimum Gasteiger partial charge on any atom is -0.330 e. The minimum atomic E-state index is -0.368. The van der Waals surface area contributed by atoms with Crippen molar-refractivity contribution in [1.82, 2.24) is 10.4 Å². The summed E-state index contributed by atoms with van der Waals surface area (Å²) in [4.78, 5) is 22.2. The number of rotatable bonds is 7. The average Bonchev–Trinajstić information content (AvgIpc) is 2.59. The summed E-state index contributed by atoms with van der Waals surface area (Å²) >= 11 is 0. The van der Waals surface area contributed by atoms with Crippen LogP contribution in [0.25, 0.3) is 0 Å². The molecule has 1 atom stereocenters. The van der Waals surface area contributed by atoms with Crippen molar-refractivity contribution in [1.29, 1.82) is 0 Å². The third-order valence-corrected chi connectivity index (χ3v) is 2.35. The van der Waals surface area contributed by atoms with E-state index in [0.717, 1.165) is 19.1 Å². The maximum atomic E-state index is 11.3. The molecule has 5 heteroatoms. The molecule has 0 unspecified atom stereocenters. The Morgan fingerprint density at radius 2 is 2.25 bits per heavy atom. The van der Waals surface area contributed by atoms with E-state index in [0.29, 0.717) is 18.7 Å². The molecular formula is C11H17N3O2. The van der Waals surface area contributed by atoms with Gasteiger partial charge in [-0.1, -0.05) is 13.0 Å². The summed E-state index contributed by atoms with van der Waals surface area (Å²) in [6.45, 7) is 4.30. The molecule has 0 radical (unpaired) electrons. The molecule has 0 aromatic rings. The molecule has 0 saturated carbocycles. The van der Waals surface area contributed by atoms with Crippen LogP contribution in [-0.2, 0) is 9.59 Å². The molecule has 3 N–H and O–H groups in total. The van der Waals surface area contributed by atoms with Gasteiger partial charge < -0.3 is 10.5 Å². The molecule has 0 fully saturated rings. The van der Waals surface area contributed by atoms with Crippen molar-refractivity contribution in [3.05, 3.63) is 24.4 Å². The first-order valence-corrected chi connectivity index (χ1v) is 5.31. The molecule has 88 valence electrons. The third kappa shape index (κ3) is 3.29. The predicted octanol–water partition coefficient (Wildman–Crippen LogP) is 0.0996. The van der Waals surface area contributed by atoms with Crippen LogP contribution in [0.5, 0.6) is 0 Å². The molecule has 1 rings (SSSR count). The number of aldehydes is 1. The van der Waals surface area contributed by atoms with Gasteiger partial charge in [0.1, 0.15) is 6.29 Å². The molecule has 1 aliphatic heterocycles. The molecule has 0 saturated heterocycles. The Bertz CT molecular complexity index is 294. The van der Waals surface area contributed by atoms with E-state index in [1.807, 2.05) is 0 Å². The van der Waals surface area contributed by atoms with Crippen molar-refractivity contribution >= 4 is 12.2 Å². The number of hydrogen-bond donors (Lipinski definition) is 2. The van der Waals surface area contributed by atoms with Crippen LogP contribution in [0.1, 0.15) is 19.3 Å². The molecule has 0 bridgehead atoms. The summed E-state index contributed by atoms with van der Waals surface area (Å²) in [7, 11) is 0. The van der Waals surface area contributed by atoms with E-state index >= 15 is 0 Å². The highest BCUT2D eigenvalue weighted by Gasteiger charge is 2.21. The van der Waals surface area contributed by atoms with Gasteiger partial charge in [0.05, 0.1) is 11.7 Å². The summed E-state index contributed by atoms with van der Waals surface area (Å²) < 4.78 is 0. The highest BCUT2D eigenvalue weighted by Crippen LogP contribution is 2.11. The van der Waals surface area contributed by atoms with Gasteiger partial charge in [-0.15, -0.1) is 0 Å². The smallest absolute Gasteiger partial charge is 0.265 e. The van der Waals surface area contributed by atoms with Crippen LogP contribution < -0.4 is 11.2 Å². The van der Waals surface area contributed by atoms with Crippen LogP contribution in [-0.4, -0.2) is 29.8 Å². The highest BCUT2D eigenvalue weighted by atomic mass is 16.2. The minimum absolute atomic E-state index is 0.198. The van der Waals surface area contributed by atoms with Crippen LogP contribution in [0.3, 0.4) is 0 Å². The Morgan fingerprint density at radius 3 is 2.75 bits per heavy atom. The van der Waals surface area contributed by atoms with Gasteiger partial charge in [0.2, 0.25) is 0 Å². The number of carbonyl (C=O) groups is 2. The van der Waals surface area contributed by atoms with Crippen LogP contribution in [0.4, 0.5) is 0 Å². The number of hydrazine groups is 1. The van der Waals surface area contributed by atoms with Crippen molar-refractivity contribution in [2.75, 3.05) is 6.54 Å². The molecule has 1 heterocycles. The summed E-state index contributed by atoms with van der Waals surface area (Å²) in [6.07, 6.45) is 6.22. The first kappa shape index (κ1) is 12.6. The molecular weight excluding hydrogens is 206 g/mol. The van der Waals surface area contributed by atoms with Gasteiger partial charge in [0.25, 0.3) is 5.91 Å². The van der Waals surface area contributed by atoms with Crippen molar-refractivity contribution in [3.8, 4) is 0 Å². The van der Waals surface area contributed by atoms with E-state index < -0.39 is 0 Å². The first-order valence-electron chi connectivity index (χ1n) is 5.31. The number of hydrogen-bond acceptors (Lipinski definition) is 4. The normalized spacial score (nSPS) is 16.9. The maximum Gasteiger partial charge on any atom is 0.265 e. The monoisotopic (exact) mass is 223 g/mol. The lowest BCUT2D eigenvalue weighted by molar-refractivity contribution is -0.127. The summed E-state index contributed by atoms with van der Waals surface area (Å²) in [5, 5.41) is 1.29. The van der Waals surface area contributed by atoms with E-state index in [1.54, 1.807) is 6.08 Å². The number of carbonyl (C=O) groups excluding carboxylic acids is 2. The van der Waals surface area contributed by atoms with E-state index in [-0.39, 0.29) is 11.9 Å². The Labute approximate surface area is 94.9 Å². The van der Waals surface area contributed by atoms with Crippen molar-refractivity contribution in [2.24, 2.45) is 5.73 Å². The Morgan fingerprint density at radius 1 is 1.50 bits per heavy atom. The van der Waals surface area contributed by atoms with Gasteiger partial charge in [-0.2, -0.15) is 0 Å². The lowest BCUT2D eigenvalue weighted by Crippen LogP contribution is -2.45. The summed E-state index contributed by atoms with van der Waals surface area (Å²) in [5.74, 6) is -0.198. The van der Waals surface area contributed by atoms with E-state index in [1.165, 1.54) is 11.1 Å². The molecule has 0 spiro atoms. The van der Waals surface area contributed by atoms with Crippen LogP contribution >= 0.6 is 0 Å². The highest BCUT2D eigenvalue weighted by molar-refractivity contribution is 5.92. The van der Waals surface area contributed by atoms with Crippen LogP contribution in [0.2, 0.25) is 0 Å². The molecule has 0 aromatic carbocycles. The van der Waals surface area contributed by atoms with Crippen molar-refractivity contribution < 1.29 is 9.59 Å². The Hall–Kier alpha value is -1.46. The summed E-state index contributed by atoms with van der Waals surface area (Å²) in [5.41, 5.74) is 8.76. The molecule has 0 aromatic heterocycles. The van der Waals surface area contributed by atoms with Gasteiger partial charge in [-0.25, -0.2) is 10.4 Å². The van der Waals surface area contributed by atoms with E-state index in [2.05, 4.69) is 12.0 Å². The second-order valence-electron chi connectivity index (χ2n) is 3.65. The Balaban J connectivity index is 2.41. The van der Waals surface area contributed by atoms with Crippen molar-refractivity contribution in [2.45, 2.75) is 25.3 Å². The molecule has 0 aliphatic carbocycles. The average molecular weight is 223 g/mol. The van der Waals surface area contributed by atoms with Gasteiger partial charge >= 0.3 is 0 Å². The van der Waals surface area contributed by atoms with Crippen LogP contribution in [0, 0.1) is 0 Å². The number of nitrogens with one attached hydrogen (secondary N) is 1. The molecule has 16 heavy (non-hydrogen) atoms. The zero-order chi connectivity index (χ0) is 12.0. The second kappa shape index (κ2) is 6.19. The SMILES string of the molecule is C=C1C=CC(=O)N1N[C@H](C=O)CCCCN. The van der Waals surface area contributed by atoms with Gasteiger partial charge in [0.15, 0.2) is 0 Å². The van der Waals surface area contributed by atoms with E-state index in [9.17, 15) is 9.59 Å².